The van der Waals surface area contributed by atoms with Crippen LogP contribution >= 0.6 is 11.3 Å². The number of benzene rings is 2. The van der Waals surface area contributed by atoms with Gasteiger partial charge in [-0.2, -0.15) is 0 Å². The molecule has 10 heteroatoms. The van der Waals surface area contributed by atoms with Gasteiger partial charge in [-0.15, -0.1) is 0 Å². The molecule has 0 bridgehead atoms. The van der Waals surface area contributed by atoms with E-state index in [-0.39, 0.29) is 34.7 Å². The fourth-order valence-electron chi connectivity index (χ4n) is 3.85. The minimum Gasteiger partial charge on any atom is -0.497 e. The second-order valence-corrected chi connectivity index (χ2v) is 8.94. The quantitative estimate of drug-likeness (QED) is 0.380. The van der Waals surface area contributed by atoms with Crippen LogP contribution in [0.2, 0.25) is 0 Å². The lowest BCUT2D eigenvalue weighted by Crippen LogP contribution is -2.50. The number of hydrogen-bond acceptors (Lipinski definition) is 8. The zero-order valence-electron chi connectivity index (χ0n) is 19.3. The van der Waals surface area contributed by atoms with E-state index >= 15 is 0 Å². The van der Waals surface area contributed by atoms with Crippen molar-refractivity contribution >= 4 is 45.6 Å². The normalized spacial score (nSPS) is 13.5. The van der Waals surface area contributed by atoms with E-state index in [4.69, 9.17) is 9.15 Å². The fraction of sp³-hybridized carbons (Fsp3) is 0.154. The molecular formula is C26H22N4O5S. The molecule has 1 fully saturated rings. The number of anilines is 3. The number of hydrogen-bond donors (Lipinski definition) is 1. The fourth-order valence-corrected chi connectivity index (χ4v) is 4.86. The molecule has 0 radical (unpaired) electrons. The van der Waals surface area contributed by atoms with Crippen molar-refractivity contribution in [1.82, 2.24) is 4.98 Å². The summed E-state index contributed by atoms with van der Waals surface area (Å²) < 4.78 is 10.4. The first-order valence-corrected chi connectivity index (χ1v) is 12.0. The summed E-state index contributed by atoms with van der Waals surface area (Å²) in [5.41, 5.74) is 1.26. The average molecular weight is 503 g/mol. The number of nitrogens with one attached hydrogen (secondary N) is 1. The number of rotatable bonds is 7. The predicted molar refractivity (Wildman–Crippen MR) is 136 cm³/mol. The molecule has 1 aliphatic heterocycles. The number of furan rings is 1. The van der Waals surface area contributed by atoms with Crippen LogP contribution in [0.3, 0.4) is 0 Å². The van der Waals surface area contributed by atoms with E-state index in [0.29, 0.717) is 29.5 Å². The summed E-state index contributed by atoms with van der Waals surface area (Å²) in [6, 6.07) is 19.2. The van der Waals surface area contributed by atoms with E-state index in [1.54, 1.807) is 42.3 Å². The van der Waals surface area contributed by atoms with Gasteiger partial charge in [0.1, 0.15) is 10.6 Å². The Morgan fingerprint density at radius 2 is 1.81 bits per heavy atom. The van der Waals surface area contributed by atoms with Gasteiger partial charge in [0.2, 0.25) is 11.7 Å². The molecule has 0 saturated carbocycles. The van der Waals surface area contributed by atoms with E-state index in [9.17, 15) is 14.4 Å². The van der Waals surface area contributed by atoms with Gasteiger partial charge in [0.15, 0.2) is 16.7 Å². The number of ketones is 1. The van der Waals surface area contributed by atoms with E-state index in [0.717, 1.165) is 17.0 Å². The summed E-state index contributed by atoms with van der Waals surface area (Å²) in [5.74, 6) is 0.0731. The minimum absolute atomic E-state index is 0.0874. The number of methoxy groups -OCH3 is 1. The lowest BCUT2D eigenvalue weighted by molar-refractivity contribution is -0.117. The largest absolute Gasteiger partial charge is 0.497 e. The molecule has 2 aromatic carbocycles. The highest BCUT2D eigenvalue weighted by Gasteiger charge is 2.30. The molecule has 36 heavy (non-hydrogen) atoms. The molecule has 0 spiro atoms. The summed E-state index contributed by atoms with van der Waals surface area (Å²) >= 11 is 1.14. The predicted octanol–water partition coefficient (Wildman–Crippen LogP) is 4.08. The van der Waals surface area contributed by atoms with Crippen LogP contribution in [0.1, 0.15) is 25.8 Å². The third-order valence-electron chi connectivity index (χ3n) is 5.71. The van der Waals surface area contributed by atoms with Gasteiger partial charge in [0.25, 0.3) is 5.91 Å². The molecule has 4 aromatic rings. The van der Waals surface area contributed by atoms with Crippen molar-refractivity contribution in [3.05, 3.63) is 89.2 Å². The zero-order valence-corrected chi connectivity index (χ0v) is 20.2. The lowest BCUT2D eigenvalue weighted by Gasteiger charge is -2.34. The Balaban J connectivity index is 1.40. The van der Waals surface area contributed by atoms with Gasteiger partial charge in [-0.1, -0.05) is 41.7 Å². The monoisotopic (exact) mass is 502 g/mol. The standard InChI is InChI=1S/C26H22N4O5S/c1-34-19-11-9-18(10-12-19)30-14-13-29(16-21(30)31)26-28-24(27-25(33)20-8-5-15-35-20)23(36-26)22(32)17-6-3-2-4-7-17/h2-12,15H,13-14,16H2,1H3,(H,27,33). The van der Waals surface area contributed by atoms with E-state index < -0.39 is 5.91 Å². The second-order valence-electron chi connectivity index (χ2n) is 7.97. The Hall–Kier alpha value is -4.44. The molecule has 2 amide bonds. The third kappa shape index (κ3) is 4.71. The van der Waals surface area contributed by atoms with Crippen LogP contribution in [0, 0.1) is 0 Å². The molecule has 9 nitrogen and oxygen atoms in total. The lowest BCUT2D eigenvalue weighted by atomic mass is 10.1. The van der Waals surface area contributed by atoms with Gasteiger partial charge in [-0.05, 0) is 36.4 Å². The Kier molecular flexibility index (Phi) is 6.50. The van der Waals surface area contributed by atoms with Gasteiger partial charge >= 0.3 is 0 Å². The first-order valence-electron chi connectivity index (χ1n) is 11.2. The average Bonchev–Trinajstić information content (AvgIpc) is 3.60. The SMILES string of the molecule is COc1ccc(N2CCN(c3nc(NC(=O)c4ccco4)c(C(=O)c4ccccc4)s3)CC2=O)cc1. The molecule has 3 heterocycles. The van der Waals surface area contributed by atoms with Crippen molar-refractivity contribution in [2.45, 2.75) is 0 Å². The van der Waals surface area contributed by atoms with Crippen molar-refractivity contribution in [3.8, 4) is 5.75 Å². The van der Waals surface area contributed by atoms with Crippen LogP contribution in [0.4, 0.5) is 16.6 Å². The topological polar surface area (TPSA) is 105 Å². The third-order valence-corrected chi connectivity index (χ3v) is 6.83. The first-order chi connectivity index (χ1) is 17.5. The van der Waals surface area contributed by atoms with Crippen molar-refractivity contribution in [2.75, 3.05) is 41.9 Å². The summed E-state index contributed by atoms with van der Waals surface area (Å²) in [6.07, 6.45) is 1.39. The van der Waals surface area contributed by atoms with Crippen molar-refractivity contribution < 1.29 is 23.5 Å². The van der Waals surface area contributed by atoms with Gasteiger partial charge in [-0.3, -0.25) is 14.4 Å². The van der Waals surface area contributed by atoms with Gasteiger partial charge in [0, 0.05) is 24.3 Å². The number of amides is 2. The molecule has 1 N–H and O–H groups in total. The molecule has 0 aliphatic carbocycles. The maximum absolute atomic E-state index is 13.3. The smallest absolute Gasteiger partial charge is 0.292 e. The molecule has 5 rings (SSSR count). The van der Waals surface area contributed by atoms with Gasteiger partial charge in [0.05, 0.1) is 19.9 Å². The van der Waals surface area contributed by atoms with Crippen LogP contribution in [0.25, 0.3) is 0 Å². The number of piperazine rings is 1. The Bertz CT molecular complexity index is 1380. The maximum Gasteiger partial charge on any atom is 0.292 e. The number of ether oxygens (including phenoxy) is 1. The Labute approximate surface area is 210 Å². The van der Waals surface area contributed by atoms with Crippen molar-refractivity contribution in [3.63, 3.8) is 0 Å². The minimum atomic E-state index is -0.514. The van der Waals surface area contributed by atoms with Crippen LogP contribution in [-0.2, 0) is 4.79 Å². The molecule has 2 aromatic heterocycles. The van der Waals surface area contributed by atoms with E-state index in [2.05, 4.69) is 10.3 Å². The van der Waals surface area contributed by atoms with Crippen LogP contribution in [0.15, 0.2) is 77.4 Å². The van der Waals surface area contributed by atoms with Crippen molar-refractivity contribution in [2.24, 2.45) is 0 Å². The second kappa shape index (κ2) is 10.0. The molecular weight excluding hydrogens is 480 g/mol. The van der Waals surface area contributed by atoms with E-state index in [1.807, 2.05) is 35.2 Å². The number of nitrogens with zero attached hydrogens (tertiary/aromatic N) is 3. The highest BCUT2D eigenvalue weighted by atomic mass is 32.1. The summed E-state index contributed by atoms with van der Waals surface area (Å²) in [4.78, 5) is 47.3. The summed E-state index contributed by atoms with van der Waals surface area (Å²) in [7, 11) is 1.59. The molecule has 1 saturated heterocycles. The van der Waals surface area contributed by atoms with Crippen LogP contribution in [-0.4, -0.2) is 49.3 Å². The Morgan fingerprint density at radius 3 is 2.47 bits per heavy atom. The molecule has 182 valence electrons. The van der Waals surface area contributed by atoms with Crippen LogP contribution in [0.5, 0.6) is 5.75 Å². The van der Waals surface area contributed by atoms with Crippen LogP contribution < -0.4 is 19.9 Å². The number of carbonyl (C=O) groups excluding carboxylic acids is 3. The zero-order chi connectivity index (χ0) is 25.1. The highest BCUT2D eigenvalue weighted by molar-refractivity contribution is 7.18. The van der Waals surface area contributed by atoms with Crippen molar-refractivity contribution in [1.29, 1.82) is 0 Å². The Morgan fingerprint density at radius 1 is 1.03 bits per heavy atom. The summed E-state index contributed by atoms with van der Waals surface area (Å²) in [5, 5.41) is 3.17. The molecule has 0 atom stereocenters. The molecule has 1 aliphatic rings. The van der Waals surface area contributed by atoms with Gasteiger partial charge < -0.3 is 24.3 Å². The maximum atomic E-state index is 13.3. The molecule has 0 unspecified atom stereocenters. The number of thiazole rings is 1. The van der Waals surface area contributed by atoms with Gasteiger partial charge in [-0.25, -0.2) is 4.98 Å². The summed E-state index contributed by atoms with van der Waals surface area (Å²) in [6.45, 7) is 1.04. The highest BCUT2D eigenvalue weighted by Crippen LogP contribution is 2.33. The first kappa shape index (κ1) is 23.3. The van der Waals surface area contributed by atoms with E-state index in [1.165, 1.54) is 12.3 Å². The number of aromatic nitrogens is 1. The number of carbonyl (C=O) groups is 3.